The Balaban J connectivity index is 1.37. The first kappa shape index (κ1) is 17.5. The molecule has 4 rings (SSSR count). The summed E-state index contributed by atoms with van der Waals surface area (Å²) >= 11 is 0. The Bertz CT molecular complexity index is 850. The third-order valence-electron chi connectivity index (χ3n) is 4.39. The van der Waals surface area contributed by atoms with Crippen LogP contribution in [0.3, 0.4) is 0 Å². The number of furan rings is 1. The number of rotatable bonds is 6. The van der Waals surface area contributed by atoms with E-state index in [0.29, 0.717) is 36.7 Å². The average Bonchev–Trinajstić information content (AvgIpc) is 3.31. The van der Waals surface area contributed by atoms with Gasteiger partial charge in [-0.1, -0.05) is 5.16 Å². The van der Waals surface area contributed by atoms with E-state index in [9.17, 15) is 0 Å². The second-order valence-electron chi connectivity index (χ2n) is 6.27. The lowest BCUT2D eigenvalue weighted by Crippen LogP contribution is -2.31. The predicted octanol–water partition coefficient (Wildman–Crippen LogP) is 2.23. The van der Waals surface area contributed by atoms with Crippen LogP contribution in [0.5, 0.6) is 5.88 Å². The molecule has 0 radical (unpaired) electrons. The Morgan fingerprint density at radius 1 is 1.15 bits per heavy atom. The van der Waals surface area contributed by atoms with Crippen molar-refractivity contribution in [1.82, 2.24) is 25.0 Å². The smallest absolute Gasteiger partial charge is 0.241 e. The first-order chi connectivity index (χ1) is 13.3. The zero-order valence-electron chi connectivity index (χ0n) is 15.2. The maximum absolute atomic E-state index is 5.48. The fraction of sp³-hybridized carbons (Fsp3) is 0.444. The summed E-state index contributed by atoms with van der Waals surface area (Å²) in [7, 11) is 0. The highest BCUT2D eigenvalue weighted by atomic mass is 16.5. The standard InChI is InChI=1S/C18H22N6O3/c1-2-26-15-4-6-19-18(21-15)24-8-3-7-23(9-10-24)12-16-20-17(22-27-16)14-5-11-25-13-14/h4-6,11,13H,2-3,7-10,12H2,1H3. The van der Waals surface area contributed by atoms with E-state index in [1.54, 1.807) is 24.8 Å². The third-order valence-corrected chi connectivity index (χ3v) is 4.39. The Labute approximate surface area is 157 Å². The van der Waals surface area contributed by atoms with E-state index in [0.717, 1.165) is 38.2 Å². The largest absolute Gasteiger partial charge is 0.478 e. The van der Waals surface area contributed by atoms with Gasteiger partial charge in [0.15, 0.2) is 0 Å². The molecule has 0 spiro atoms. The summed E-state index contributed by atoms with van der Waals surface area (Å²) in [5.41, 5.74) is 0.818. The van der Waals surface area contributed by atoms with E-state index in [2.05, 4.69) is 29.9 Å². The highest BCUT2D eigenvalue weighted by molar-refractivity contribution is 5.51. The second kappa shape index (κ2) is 8.17. The molecule has 27 heavy (non-hydrogen) atoms. The SMILES string of the molecule is CCOc1ccnc(N2CCCN(Cc3nc(-c4ccoc4)no3)CC2)n1. The summed E-state index contributed by atoms with van der Waals surface area (Å²) < 4.78 is 15.9. The van der Waals surface area contributed by atoms with Crippen molar-refractivity contribution in [2.75, 3.05) is 37.7 Å². The van der Waals surface area contributed by atoms with Crippen molar-refractivity contribution in [3.63, 3.8) is 0 Å². The molecule has 1 fully saturated rings. The van der Waals surface area contributed by atoms with Gasteiger partial charge in [-0.3, -0.25) is 4.90 Å². The van der Waals surface area contributed by atoms with Gasteiger partial charge in [-0.25, -0.2) is 4.98 Å². The molecule has 0 aromatic carbocycles. The number of hydrogen-bond acceptors (Lipinski definition) is 9. The number of anilines is 1. The van der Waals surface area contributed by atoms with Crippen LogP contribution in [0.4, 0.5) is 5.95 Å². The molecule has 3 aromatic rings. The first-order valence-electron chi connectivity index (χ1n) is 9.10. The van der Waals surface area contributed by atoms with E-state index in [-0.39, 0.29) is 0 Å². The zero-order chi connectivity index (χ0) is 18.5. The Hall–Kier alpha value is -2.94. The molecule has 142 valence electrons. The van der Waals surface area contributed by atoms with E-state index in [1.807, 2.05) is 13.0 Å². The van der Waals surface area contributed by atoms with Crippen molar-refractivity contribution in [3.05, 3.63) is 36.7 Å². The zero-order valence-corrected chi connectivity index (χ0v) is 15.2. The number of nitrogens with zero attached hydrogens (tertiary/aromatic N) is 6. The monoisotopic (exact) mass is 370 g/mol. The first-order valence-corrected chi connectivity index (χ1v) is 9.10. The molecule has 0 bridgehead atoms. The van der Waals surface area contributed by atoms with Crippen molar-refractivity contribution >= 4 is 5.95 Å². The third kappa shape index (κ3) is 4.25. The number of hydrogen-bond donors (Lipinski definition) is 0. The minimum Gasteiger partial charge on any atom is -0.478 e. The van der Waals surface area contributed by atoms with Gasteiger partial charge in [0.25, 0.3) is 0 Å². The summed E-state index contributed by atoms with van der Waals surface area (Å²) in [6, 6.07) is 3.60. The summed E-state index contributed by atoms with van der Waals surface area (Å²) in [6.45, 7) is 6.71. The van der Waals surface area contributed by atoms with Gasteiger partial charge in [-0.05, 0) is 19.4 Å². The van der Waals surface area contributed by atoms with E-state index in [4.69, 9.17) is 13.7 Å². The maximum Gasteiger partial charge on any atom is 0.241 e. The lowest BCUT2D eigenvalue weighted by atomic mass is 10.3. The van der Waals surface area contributed by atoms with Crippen molar-refractivity contribution in [1.29, 1.82) is 0 Å². The fourth-order valence-electron chi connectivity index (χ4n) is 3.06. The van der Waals surface area contributed by atoms with Crippen LogP contribution in [0.1, 0.15) is 19.2 Å². The summed E-state index contributed by atoms with van der Waals surface area (Å²) in [6.07, 6.45) is 5.95. The predicted molar refractivity (Wildman–Crippen MR) is 97.3 cm³/mol. The Morgan fingerprint density at radius 2 is 2.11 bits per heavy atom. The summed E-state index contributed by atoms with van der Waals surface area (Å²) in [4.78, 5) is 17.8. The fourth-order valence-corrected chi connectivity index (χ4v) is 3.06. The molecule has 1 aliphatic heterocycles. The quantitative estimate of drug-likeness (QED) is 0.647. The van der Waals surface area contributed by atoms with Crippen LogP contribution in [0.25, 0.3) is 11.4 Å². The molecular formula is C18H22N6O3. The minimum absolute atomic E-state index is 0.552. The van der Waals surface area contributed by atoms with Crippen LogP contribution in [0.15, 0.2) is 39.8 Å². The van der Waals surface area contributed by atoms with Gasteiger partial charge in [0, 0.05) is 38.4 Å². The summed E-state index contributed by atoms with van der Waals surface area (Å²) in [5, 5.41) is 4.02. The van der Waals surface area contributed by atoms with Gasteiger partial charge in [-0.15, -0.1) is 0 Å². The van der Waals surface area contributed by atoms with Crippen molar-refractivity contribution in [2.45, 2.75) is 19.9 Å². The minimum atomic E-state index is 0.552. The highest BCUT2D eigenvalue weighted by Crippen LogP contribution is 2.18. The molecule has 9 heteroatoms. The second-order valence-corrected chi connectivity index (χ2v) is 6.27. The van der Waals surface area contributed by atoms with Gasteiger partial charge in [0.2, 0.25) is 23.5 Å². The van der Waals surface area contributed by atoms with Crippen LogP contribution in [-0.4, -0.2) is 57.8 Å². The van der Waals surface area contributed by atoms with Gasteiger partial charge in [0.1, 0.15) is 6.26 Å². The Morgan fingerprint density at radius 3 is 2.96 bits per heavy atom. The molecule has 0 aliphatic carbocycles. The Kier molecular flexibility index (Phi) is 5.29. The molecule has 0 atom stereocenters. The van der Waals surface area contributed by atoms with Crippen LogP contribution in [0, 0.1) is 0 Å². The lowest BCUT2D eigenvalue weighted by molar-refractivity contribution is 0.239. The normalized spacial score (nSPS) is 15.7. The molecule has 0 saturated carbocycles. The molecule has 9 nitrogen and oxygen atoms in total. The molecule has 1 saturated heterocycles. The summed E-state index contributed by atoms with van der Waals surface area (Å²) in [5.74, 6) is 2.48. The molecule has 3 aromatic heterocycles. The number of aromatic nitrogens is 4. The molecule has 4 heterocycles. The topological polar surface area (TPSA) is 93.6 Å². The van der Waals surface area contributed by atoms with E-state index in [1.165, 1.54) is 0 Å². The maximum atomic E-state index is 5.48. The van der Waals surface area contributed by atoms with Crippen LogP contribution in [-0.2, 0) is 6.54 Å². The van der Waals surface area contributed by atoms with Crippen LogP contribution < -0.4 is 9.64 Å². The van der Waals surface area contributed by atoms with Crippen molar-refractivity contribution in [2.24, 2.45) is 0 Å². The molecule has 0 amide bonds. The molecule has 1 aliphatic rings. The van der Waals surface area contributed by atoms with Gasteiger partial charge in [0.05, 0.1) is 25.0 Å². The van der Waals surface area contributed by atoms with Crippen LogP contribution in [0.2, 0.25) is 0 Å². The lowest BCUT2D eigenvalue weighted by Gasteiger charge is -2.21. The molecule has 0 unspecified atom stereocenters. The molecular weight excluding hydrogens is 348 g/mol. The van der Waals surface area contributed by atoms with Crippen LogP contribution >= 0.6 is 0 Å². The van der Waals surface area contributed by atoms with Gasteiger partial charge < -0.3 is 18.6 Å². The number of ether oxygens (including phenoxy) is 1. The highest BCUT2D eigenvalue weighted by Gasteiger charge is 2.20. The van der Waals surface area contributed by atoms with Gasteiger partial charge in [-0.2, -0.15) is 9.97 Å². The van der Waals surface area contributed by atoms with Gasteiger partial charge >= 0.3 is 0 Å². The van der Waals surface area contributed by atoms with Crippen molar-refractivity contribution in [3.8, 4) is 17.3 Å². The van der Waals surface area contributed by atoms with Crippen molar-refractivity contribution < 1.29 is 13.7 Å². The van der Waals surface area contributed by atoms with E-state index < -0.39 is 0 Å². The average molecular weight is 370 g/mol. The van der Waals surface area contributed by atoms with E-state index >= 15 is 0 Å². The molecule has 0 N–H and O–H groups in total.